The third kappa shape index (κ3) is 6.64. The second-order valence-corrected chi connectivity index (χ2v) is 18.2. The Labute approximate surface area is 397 Å². The molecule has 10 aromatic carbocycles. The predicted octanol–water partition coefficient (Wildman–Crippen LogP) is 17.3. The molecule has 0 fully saturated rings. The van der Waals surface area contributed by atoms with Gasteiger partial charge in [-0.1, -0.05) is 176 Å². The summed E-state index contributed by atoms with van der Waals surface area (Å²) in [5, 5.41) is 15.8. The molecule has 3 nitrogen and oxygen atoms in total. The van der Waals surface area contributed by atoms with E-state index in [0.29, 0.717) is 5.56 Å². The van der Waals surface area contributed by atoms with E-state index in [1.54, 1.807) is 0 Å². The second kappa shape index (κ2) is 16.3. The quantitative estimate of drug-likeness (QED) is 0.157. The minimum Gasteiger partial charge on any atom is -0.308 e. The lowest BCUT2D eigenvalue weighted by Gasteiger charge is -2.21. The normalized spacial score (nSPS) is 11.5. The van der Waals surface area contributed by atoms with E-state index >= 15 is 0 Å². The van der Waals surface area contributed by atoms with Crippen LogP contribution in [0.5, 0.6) is 0 Å². The fraction of sp³-hybridized carbons (Fsp3) is 0.0615. The van der Waals surface area contributed by atoms with Crippen molar-refractivity contribution in [2.45, 2.75) is 27.7 Å². The Bertz CT molecular complexity index is 3580. The third-order valence-electron chi connectivity index (χ3n) is 14.1. The zero-order valence-electron chi connectivity index (χ0n) is 38.5. The highest BCUT2D eigenvalue weighted by molar-refractivity contribution is 6.14. The van der Waals surface area contributed by atoms with Gasteiger partial charge in [-0.2, -0.15) is 5.26 Å². The van der Waals surface area contributed by atoms with Crippen molar-refractivity contribution in [2.75, 3.05) is 0 Å². The molecule has 0 radical (unpaired) electrons. The molecular formula is C65H47N3. The molecule has 0 aliphatic rings. The van der Waals surface area contributed by atoms with Gasteiger partial charge in [-0.15, -0.1) is 0 Å². The van der Waals surface area contributed by atoms with Crippen LogP contribution in [-0.4, -0.2) is 9.13 Å². The first kappa shape index (κ1) is 40.8. The summed E-state index contributed by atoms with van der Waals surface area (Å²) in [6.07, 6.45) is 0. The molecule has 0 saturated carbocycles. The van der Waals surface area contributed by atoms with Crippen molar-refractivity contribution in [2.24, 2.45) is 0 Å². The highest BCUT2D eigenvalue weighted by Crippen LogP contribution is 2.45. The number of benzene rings is 10. The van der Waals surface area contributed by atoms with E-state index in [-0.39, 0.29) is 0 Å². The zero-order valence-corrected chi connectivity index (χ0v) is 38.5. The van der Waals surface area contributed by atoms with Crippen LogP contribution in [0.4, 0.5) is 0 Å². The molecule has 0 unspecified atom stereocenters. The van der Waals surface area contributed by atoms with Gasteiger partial charge in [0.1, 0.15) is 0 Å². The van der Waals surface area contributed by atoms with Crippen LogP contribution in [0.25, 0.3) is 111 Å². The van der Waals surface area contributed by atoms with Crippen molar-refractivity contribution in [1.82, 2.24) is 9.13 Å². The van der Waals surface area contributed by atoms with Gasteiger partial charge in [0, 0.05) is 27.1 Å². The van der Waals surface area contributed by atoms with Crippen LogP contribution in [0.15, 0.2) is 212 Å². The van der Waals surface area contributed by atoms with Crippen LogP contribution in [0, 0.1) is 39.0 Å². The van der Waals surface area contributed by atoms with Gasteiger partial charge in [-0.05, 0) is 136 Å². The van der Waals surface area contributed by atoms with Crippen molar-refractivity contribution < 1.29 is 0 Å². The average molecular weight is 870 g/mol. The molecule has 2 heterocycles. The molecule has 322 valence electrons. The molecule has 0 aliphatic carbocycles. The van der Waals surface area contributed by atoms with E-state index < -0.39 is 0 Å². The number of hydrogen-bond acceptors (Lipinski definition) is 1. The maximum atomic E-state index is 11.2. The third-order valence-corrected chi connectivity index (χ3v) is 14.1. The number of aromatic nitrogens is 2. The molecule has 0 amide bonds. The number of hydrogen-bond donors (Lipinski definition) is 0. The van der Waals surface area contributed by atoms with Crippen molar-refractivity contribution in [3.63, 3.8) is 0 Å². The van der Waals surface area contributed by atoms with E-state index in [4.69, 9.17) is 0 Å². The minimum absolute atomic E-state index is 0.579. The molecule has 0 spiro atoms. The van der Waals surface area contributed by atoms with E-state index in [0.717, 1.165) is 88.4 Å². The van der Waals surface area contributed by atoms with Gasteiger partial charge >= 0.3 is 0 Å². The second-order valence-electron chi connectivity index (χ2n) is 18.2. The summed E-state index contributed by atoms with van der Waals surface area (Å²) in [6.45, 7) is 8.72. The van der Waals surface area contributed by atoms with Crippen LogP contribution >= 0.6 is 0 Å². The van der Waals surface area contributed by atoms with Crippen LogP contribution in [-0.2, 0) is 0 Å². The van der Waals surface area contributed by atoms with Gasteiger partial charge < -0.3 is 9.13 Å². The molecular weight excluding hydrogens is 823 g/mol. The van der Waals surface area contributed by atoms with Crippen LogP contribution < -0.4 is 0 Å². The summed E-state index contributed by atoms with van der Waals surface area (Å²) in [5.41, 5.74) is 23.1. The van der Waals surface area contributed by atoms with Crippen LogP contribution in [0.1, 0.15) is 27.8 Å². The van der Waals surface area contributed by atoms with Gasteiger partial charge in [0.05, 0.1) is 45.1 Å². The summed E-state index contributed by atoms with van der Waals surface area (Å²) >= 11 is 0. The molecule has 12 rings (SSSR count). The molecule has 0 bridgehead atoms. The first-order chi connectivity index (χ1) is 33.3. The Hall–Kier alpha value is -8.71. The summed E-state index contributed by atoms with van der Waals surface area (Å²) in [5.74, 6) is 0. The lowest BCUT2D eigenvalue weighted by molar-refractivity contribution is 1.13. The highest BCUT2D eigenvalue weighted by atomic mass is 15.0. The van der Waals surface area contributed by atoms with Gasteiger partial charge in [-0.3, -0.25) is 0 Å². The Morgan fingerprint density at radius 3 is 0.897 bits per heavy atom. The molecule has 0 N–H and O–H groups in total. The number of nitriles is 1. The Morgan fingerprint density at radius 2 is 0.603 bits per heavy atom. The molecule has 68 heavy (non-hydrogen) atoms. The summed E-state index contributed by atoms with van der Waals surface area (Å²) in [4.78, 5) is 0. The predicted molar refractivity (Wildman–Crippen MR) is 286 cm³/mol. The summed E-state index contributed by atoms with van der Waals surface area (Å²) in [7, 11) is 0. The average Bonchev–Trinajstić information content (AvgIpc) is 3.87. The number of rotatable bonds is 7. The number of aryl methyl sites for hydroxylation is 4. The van der Waals surface area contributed by atoms with Gasteiger partial charge in [0.25, 0.3) is 0 Å². The first-order valence-corrected chi connectivity index (χ1v) is 23.4. The van der Waals surface area contributed by atoms with Crippen molar-refractivity contribution in [1.29, 1.82) is 5.26 Å². The van der Waals surface area contributed by atoms with Crippen LogP contribution in [0.2, 0.25) is 0 Å². The SMILES string of the molecule is Cc1ccccc1-c1ccc2c3ccc(-c4ccccc4C)cc3n(-c3cc(C#N)cc(-n4c5cc(-c6ccccc6C)ccc5c5ccc(-c6ccccc6C)cc54)c3-c3ccccc3)c2c1. The molecule has 2 aromatic heterocycles. The maximum absolute atomic E-state index is 11.2. The zero-order chi connectivity index (χ0) is 46.0. The number of nitrogens with zero attached hydrogens (tertiary/aromatic N) is 3. The smallest absolute Gasteiger partial charge is 0.0993 e. The first-order valence-electron chi connectivity index (χ1n) is 23.4. The van der Waals surface area contributed by atoms with Crippen molar-refractivity contribution in [3.8, 4) is 73.1 Å². The standard InChI is InChI=1S/C65H47N3/c1-41-16-8-12-22-51(41)47-26-30-55-56-31-27-48(52-23-13-9-17-42(52)2)37-60(56)67(59(55)36-47)63-34-45(40-66)35-64(65(63)46-20-6-5-7-21-46)68-61-38-49(53-24-14-10-18-43(53)3)28-32-57(61)58-33-29-50(39-62(58)68)54-25-15-11-19-44(54)4/h5-39H,1-4H3. The van der Waals surface area contributed by atoms with Crippen molar-refractivity contribution in [3.05, 3.63) is 240 Å². The maximum Gasteiger partial charge on any atom is 0.0993 e. The van der Waals surface area contributed by atoms with Gasteiger partial charge in [-0.25, -0.2) is 0 Å². The monoisotopic (exact) mass is 869 g/mol. The van der Waals surface area contributed by atoms with E-state index in [2.05, 4.69) is 255 Å². The van der Waals surface area contributed by atoms with E-state index in [1.165, 1.54) is 44.5 Å². The highest BCUT2D eigenvalue weighted by Gasteiger charge is 2.25. The Kier molecular flexibility index (Phi) is 9.78. The fourth-order valence-electron chi connectivity index (χ4n) is 10.7. The molecule has 0 saturated heterocycles. The van der Waals surface area contributed by atoms with Crippen molar-refractivity contribution >= 4 is 43.6 Å². The lowest BCUT2D eigenvalue weighted by atomic mass is 9.97. The van der Waals surface area contributed by atoms with E-state index in [1.807, 2.05) is 0 Å². The fourth-order valence-corrected chi connectivity index (χ4v) is 10.7. The Morgan fingerprint density at radius 1 is 0.309 bits per heavy atom. The minimum atomic E-state index is 0.579. The molecule has 3 heteroatoms. The number of fused-ring (bicyclic) bond motifs is 6. The van der Waals surface area contributed by atoms with Gasteiger partial charge in [0.2, 0.25) is 0 Å². The van der Waals surface area contributed by atoms with E-state index in [9.17, 15) is 5.26 Å². The summed E-state index contributed by atoms with van der Waals surface area (Å²) < 4.78 is 4.87. The molecule has 12 aromatic rings. The topological polar surface area (TPSA) is 33.6 Å². The largest absolute Gasteiger partial charge is 0.308 e. The molecule has 0 aliphatic heterocycles. The van der Waals surface area contributed by atoms with Gasteiger partial charge in [0.15, 0.2) is 0 Å². The summed E-state index contributed by atoms with van der Waals surface area (Å²) in [6, 6.07) is 79.7. The molecule has 0 atom stereocenters. The lowest BCUT2D eigenvalue weighted by Crippen LogP contribution is -2.05. The van der Waals surface area contributed by atoms with Crippen LogP contribution in [0.3, 0.4) is 0 Å². The Balaban J connectivity index is 1.25.